The van der Waals surface area contributed by atoms with Gasteiger partial charge in [-0.25, -0.2) is 4.98 Å². The molecule has 1 unspecified atom stereocenters. The van der Waals surface area contributed by atoms with Gasteiger partial charge >= 0.3 is 0 Å². The van der Waals surface area contributed by atoms with Gasteiger partial charge in [-0.15, -0.1) is 34.0 Å². The number of imidazole rings is 1. The average Bonchev–Trinajstić information content (AvgIpc) is 4.08. The van der Waals surface area contributed by atoms with E-state index in [1.807, 2.05) is 22.6 Å². The highest BCUT2D eigenvalue weighted by molar-refractivity contribution is 7.28. The highest BCUT2D eigenvalue weighted by atomic mass is 32.1. The van der Waals surface area contributed by atoms with Gasteiger partial charge in [0.25, 0.3) is 5.56 Å². The van der Waals surface area contributed by atoms with Crippen molar-refractivity contribution in [2.24, 2.45) is 11.8 Å². The summed E-state index contributed by atoms with van der Waals surface area (Å²) in [6.07, 6.45) is 13.6. The van der Waals surface area contributed by atoms with Crippen LogP contribution in [-0.2, 0) is 0 Å². The smallest absolute Gasteiger partial charge is 0.264 e. The predicted octanol–water partition coefficient (Wildman–Crippen LogP) is 16.0. The van der Waals surface area contributed by atoms with E-state index in [1.165, 1.54) is 48.3 Å². The third-order valence-corrected chi connectivity index (χ3v) is 17.5. The monoisotopic (exact) mass is 870 g/mol. The van der Waals surface area contributed by atoms with Gasteiger partial charge in [0.15, 0.2) is 11.6 Å². The summed E-state index contributed by atoms with van der Waals surface area (Å²) in [4.78, 5) is 57.0. The molecule has 0 aliphatic heterocycles. The van der Waals surface area contributed by atoms with Crippen LogP contribution in [0.3, 0.4) is 0 Å². The van der Waals surface area contributed by atoms with E-state index in [0.29, 0.717) is 22.2 Å². The number of thiophene rings is 3. The number of pyridine rings is 1. The largest absolute Gasteiger partial charge is 0.293 e. The zero-order chi connectivity index (χ0) is 42.4. The lowest BCUT2D eigenvalue weighted by atomic mass is 9.70. The second-order valence-corrected chi connectivity index (χ2v) is 21.5. The Kier molecular flexibility index (Phi) is 10.0. The molecule has 0 fully saturated rings. The Morgan fingerprint density at radius 2 is 1.02 bits per heavy atom. The van der Waals surface area contributed by atoms with E-state index in [0.717, 1.165) is 118 Å². The molecule has 0 radical (unpaired) electrons. The SMILES string of the molecule is CCCCCCCC(CCCCCCC)C1C(=O)c2ccc3c4ccc5c(=O)n6c(nc7c(-c8ccc(C)s8)sc(-c8ccc(C)s8)c76)c6ccc(c7ccc(c2c37)C1=O)c4c56. The Labute approximate surface area is 373 Å². The maximum Gasteiger partial charge on any atom is 0.264 e. The van der Waals surface area contributed by atoms with Crippen LogP contribution < -0.4 is 5.56 Å². The Bertz CT molecular complexity index is 3370. The summed E-state index contributed by atoms with van der Waals surface area (Å²) in [5, 5.41) is 9.39. The number of aryl methyl sites for hydroxylation is 2. The second kappa shape index (κ2) is 15.7. The maximum atomic E-state index is 15.1. The summed E-state index contributed by atoms with van der Waals surface area (Å²) in [5.41, 5.74) is 3.73. The highest BCUT2D eigenvalue weighted by Gasteiger charge is 2.41. The number of benzene rings is 5. The molecule has 0 saturated carbocycles. The third kappa shape index (κ3) is 6.03. The first-order valence-corrected chi connectivity index (χ1v) is 25.3. The lowest BCUT2D eigenvalue weighted by molar-refractivity contribution is 0.0729. The molecular weight excluding hydrogens is 821 g/mol. The van der Waals surface area contributed by atoms with Crippen molar-refractivity contribution >= 4 is 116 Å². The fraction of sp³-hybridized carbons (Fsp3) is 0.333. The number of carbonyl (C=O) groups excluding carboxylic acids is 2. The van der Waals surface area contributed by atoms with Gasteiger partial charge in [0.2, 0.25) is 0 Å². The summed E-state index contributed by atoms with van der Waals surface area (Å²) >= 11 is 5.24. The number of carbonyl (C=O) groups is 2. The molecule has 0 spiro atoms. The van der Waals surface area contributed by atoms with Crippen LogP contribution in [0.4, 0.5) is 0 Å². The van der Waals surface area contributed by atoms with Crippen LogP contribution in [0.5, 0.6) is 0 Å². The van der Waals surface area contributed by atoms with E-state index in [1.54, 1.807) is 34.0 Å². The molecule has 1 atom stereocenters. The number of aromatic nitrogens is 2. The van der Waals surface area contributed by atoms with E-state index < -0.39 is 5.92 Å². The lowest BCUT2D eigenvalue weighted by Crippen LogP contribution is -2.35. The zero-order valence-electron chi connectivity index (χ0n) is 35.9. The van der Waals surface area contributed by atoms with Crippen LogP contribution in [0.15, 0.2) is 77.6 Å². The molecule has 5 nitrogen and oxygen atoms in total. The molecule has 8 heteroatoms. The molecule has 1 aliphatic rings. The number of ketones is 2. The summed E-state index contributed by atoms with van der Waals surface area (Å²) in [6, 6.07) is 25.3. The molecule has 0 N–H and O–H groups in total. The fourth-order valence-corrected chi connectivity index (χ4v) is 14.2. The van der Waals surface area contributed by atoms with Gasteiger partial charge in [0.05, 0.1) is 21.2 Å². The Balaban J connectivity index is 1.08. The Morgan fingerprint density at radius 3 is 1.56 bits per heavy atom. The van der Waals surface area contributed by atoms with Crippen LogP contribution >= 0.6 is 34.0 Å². The molecule has 10 aromatic rings. The van der Waals surface area contributed by atoms with E-state index >= 15 is 4.79 Å². The van der Waals surface area contributed by atoms with Gasteiger partial charge in [-0.1, -0.05) is 114 Å². The Morgan fingerprint density at radius 1 is 0.532 bits per heavy atom. The van der Waals surface area contributed by atoms with Gasteiger partial charge in [-0.05, 0) is 101 Å². The molecule has 0 saturated heterocycles. The minimum Gasteiger partial charge on any atom is -0.293 e. The van der Waals surface area contributed by atoms with Gasteiger partial charge in [-0.3, -0.25) is 18.8 Å². The molecule has 0 amide bonds. The molecule has 0 bridgehead atoms. The molecule has 11 rings (SSSR count). The first kappa shape index (κ1) is 39.8. The van der Waals surface area contributed by atoms with Gasteiger partial charge < -0.3 is 0 Å². The Hall–Kier alpha value is -5.02. The quantitative estimate of drug-likeness (QED) is 0.0445. The van der Waals surface area contributed by atoms with Crippen LogP contribution in [-0.4, -0.2) is 21.0 Å². The van der Waals surface area contributed by atoms with Crippen LogP contribution in [0.2, 0.25) is 0 Å². The number of unbranched alkanes of at least 4 members (excludes halogenated alkanes) is 8. The standard InChI is InChI=1S/C54H50N2O3S3/c1-5-7-9-11-13-15-31(16-14-12-10-8-6-2)42-49(57)36-23-19-32-34-21-25-38-46-39(26-22-35(44(34)46)33-20-24-37(50(42)58)45(36)43(32)33)54(59)56-48-47(55-53(38)56)51(40-27-17-29(3)60-40)62-52(48)41-28-18-30(4)61-41/h17-28,31,42H,5-16H2,1-4H3. The van der Waals surface area contributed by atoms with Gasteiger partial charge in [-0.2, -0.15) is 0 Å². The van der Waals surface area contributed by atoms with Crippen molar-refractivity contribution in [3.05, 3.63) is 104 Å². The second-order valence-electron chi connectivity index (χ2n) is 17.9. The van der Waals surface area contributed by atoms with Crippen molar-refractivity contribution in [2.75, 3.05) is 0 Å². The molecule has 5 aromatic heterocycles. The van der Waals surface area contributed by atoms with E-state index in [-0.39, 0.29) is 23.0 Å². The first-order chi connectivity index (χ1) is 30.3. The first-order valence-electron chi connectivity index (χ1n) is 22.8. The predicted molar refractivity (Wildman–Crippen MR) is 265 cm³/mol. The van der Waals surface area contributed by atoms with E-state index in [4.69, 9.17) is 4.98 Å². The maximum absolute atomic E-state index is 15.1. The molecule has 5 heterocycles. The molecule has 1 aliphatic carbocycles. The van der Waals surface area contributed by atoms with Crippen molar-refractivity contribution in [1.82, 2.24) is 9.38 Å². The fourth-order valence-electron chi connectivity index (χ4n) is 11.0. The number of nitrogens with zero attached hydrogens (tertiary/aromatic N) is 2. The third-order valence-electron chi connectivity index (χ3n) is 13.9. The number of hydrogen-bond donors (Lipinski definition) is 0. The zero-order valence-corrected chi connectivity index (χ0v) is 38.4. The number of Topliss-reactive ketones (excluding diaryl/α,β-unsaturated/α-hetero) is 2. The van der Waals surface area contributed by atoms with Crippen molar-refractivity contribution in [3.63, 3.8) is 0 Å². The van der Waals surface area contributed by atoms with Crippen molar-refractivity contribution in [3.8, 4) is 19.5 Å². The van der Waals surface area contributed by atoms with Gasteiger partial charge in [0.1, 0.15) is 11.2 Å². The normalized spacial score (nSPS) is 14.7. The highest BCUT2D eigenvalue weighted by Crippen LogP contribution is 2.50. The topological polar surface area (TPSA) is 68.5 Å². The van der Waals surface area contributed by atoms with Crippen LogP contribution in [0.1, 0.15) is 121 Å². The number of rotatable bonds is 15. The summed E-state index contributed by atoms with van der Waals surface area (Å²) in [7, 11) is 0. The van der Waals surface area contributed by atoms with Crippen molar-refractivity contribution in [1.29, 1.82) is 0 Å². The van der Waals surface area contributed by atoms with E-state index in [9.17, 15) is 9.59 Å². The summed E-state index contributed by atoms with van der Waals surface area (Å²) in [6.45, 7) is 8.72. The molecule has 62 heavy (non-hydrogen) atoms. The summed E-state index contributed by atoms with van der Waals surface area (Å²) in [5.74, 6) is -0.567. The van der Waals surface area contributed by atoms with Crippen LogP contribution in [0, 0.1) is 25.7 Å². The van der Waals surface area contributed by atoms with Crippen LogP contribution in [0.25, 0.3) is 90.1 Å². The van der Waals surface area contributed by atoms with Crippen molar-refractivity contribution < 1.29 is 9.59 Å². The minimum absolute atomic E-state index is 0.000714. The average molecular weight is 871 g/mol. The number of hydrogen-bond acceptors (Lipinski definition) is 7. The minimum atomic E-state index is -0.626. The van der Waals surface area contributed by atoms with Crippen molar-refractivity contribution in [2.45, 2.75) is 105 Å². The van der Waals surface area contributed by atoms with Gasteiger partial charge in [0, 0.05) is 52.2 Å². The molecule has 312 valence electrons. The summed E-state index contributed by atoms with van der Waals surface area (Å²) < 4.78 is 1.87. The molecule has 5 aromatic carbocycles. The lowest BCUT2D eigenvalue weighted by Gasteiger charge is -2.31. The molecular formula is C54H50N2O3S3. The number of fused-ring (bicyclic) bond motifs is 6. The van der Waals surface area contributed by atoms with E-state index in [2.05, 4.69) is 82.3 Å².